The molecule has 7 heteroatoms. The maximum atomic E-state index is 12.4. The maximum Gasteiger partial charge on any atom is 0.230 e. The van der Waals surface area contributed by atoms with E-state index in [9.17, 15) is 4.79 Å². The molecule has 1 aromatic heterocycles. The Labute approximate surface area is 194 Å². The molecule has 2 heterocycles. The molecule has 2 aromatic carbocycles. The van der Waals surface area contributed by atoms with E-state index in [1.54, 1.807) is 0 Å². The van der Waals surface area contributed by atoms with Crippen LogP contribution in [0.25, 0.3) is 5.69 Å². The Balaban J connectivity index is 1.33. The number of thioether (sulfide) groups is 1. The summed E-state index contributed by atoms with van der Waals surface area (Å²) in [4.78, 5) is 14.8. The van der Waals surface area contributed by atoms with E-state index in [1.807, 2.05) is 36.4 Å². The molecule has 0 aliphatic carbocycles. The fourth-order valence-corrected chi connectivity index (χ4v) is 4.80. The third kappa shape index (κ3) is 6.43. The number of aryl methyl sites for hydroxylation is 1. The molecule has 1 saturated heterocycles. The van der Waals surface area contributed by atoms with Crippen LogP contribution in [-0.2, 0) is 17.8 Å². The third-order valence-electron chi connectivity index (χ3n) is 5.67. The van der Waals surface area contributed by atoms with Crippen molar-refractivity contribution >= 4 is 17.7 Å². The zero-order valence-corrected chi connectivity index (χ0v) is 19.3. The lowest BCUT2D eigenvalue weighted by atomic mass is 10.1. The molecule has 4 rings (SSSR count). The van der Waals surface area contributed by atoms with Crippen LogP contribution in [0.15, 0.2) is 65.8 Å². The largest absolute Gasteiger partial charge is 0.355 e. The van der Waals surface area contributed by atoms with E-state index < -0.39 is 0 Å². The molecule has 0 spiro atoms. The Hall–Kier alpha value is -2.64. The van der Waals surface area contributed by atoms with Crippen LogP contribution in [0.5, 0.6) is 0 Å². The van der Waals surface area contributed by atoms with Gasteiger partial charge in [-0.3, -0.25) is 14.3 Å². The van der Waals surface area contributed by atoms with Gasteiger partial charge in [-0.25, -0.2) is 0 Å². The minimum absolute atomic E-state index is 0.0308. The summed E-state index contributed by atoms with van der Waals surface area (Å²) in [5, 5.41) is 12.7. The average Bonchev–Trinajstić information content (AvgIpc) is 3.24. The number of rotatable bonds is 10. The van der Waals surface area contributed by atoms with Gasteiger partial charge >= 0.3 is 0 Å². The van der Waals surface area contributed by atoms with E-state index in [-0.39, 0.29) is 5.91 Å². The number of amides is 1. The second-order valence-corrected chi connectivity index (χ2v) is 9.08. The average molecular weight is 450 g/mol. The summed E-state index contributed by atoms with van der Waals surface area (Å²) in [5.41, 5.74) is 2.34. The van der Waals surface area contributed by atoms with Gasteiger partial charge in [0, 0.05) is 12.2 Å². The number of hydrogen-bond acceptors (Lipinski definition) is 5. The highest BCUT2D eigenvalue weighted by atomic mass is 32.2. The van der Waals surface area contributed by atoms with Crippen LogP contribution in [0.4, 0.5) is 0 Å². The SMILES string of the molecule is O=C(CSc1nnc(CN2CCCCC2)n1-c1ccccc1)NCCCc1ccccc1. The summed E-state index contributed by atoms with van der Waals surface area (Å²) in [6, 6.07) is 20.5. The van der Waals surface area contributed by atoms with Crippen LogP contribution >= 0.6 is 11.8 Å². The minimum atomic E-state index is 0.0308. The van der Waals surface area contributed by atoms with Gasteiger partial charge in [-0.2, -0.15) is 0 Å². The third-order valence-corrected chi connectivity index (χ3v) is 6.60. The zero-order valence-electron chi connectivity index (χ0n) is 18.4. The predicted molar refractivity (Wildman–Crippen MR) is 129 cm³/mol. The first-order valence-corrected chi connectivity index (χ1v) is 12.4. The van der Waals surface area contributed by atoms with Crippen molar-refractivity contribution in [3.63, 3.8) is 0 Å². The van der Waals surface area contributed by atoms with Crippen LogP contribution in [0.3, 0.4) is 0 Å². The van der Waals surface area contributed by atoms with Crippen LogP contribution in [0, 0.1) is 0 Å². The second kappa shape index (κ2) is 11.8. The van der Waals surface area contributed by atoms with Gasteiger partial charge in [-0.1, -0.05) is 66.7 Å². The van der Waals surface area contributed by atoms with Crippen molar-refractivity contribution in [1.82, 2.24) is 25.0 Å². The lowest BCUT2D eigenvalue weighted by Gasteiger charge is -2.26. The fraction of sp³-hybridized carbons (Fsp3) is 0.400. The predicted octanol–water partition coefficient (Wildman–Crippen LogP) is 4.09. The van der Waals surface area contributed by atoms with Crippen LogP contribution in [-0.4, -0.2) is 51.0 Å². The first kappa shape index (κ1) is 22.6. The molecule has 1 aliphatic heterocycles. The number of para-hydroxylation sites is 1. The number of carbonyl (C=O) groups excluding carboxylic acids is 1. The van der Waals surface area contributed by atoms with Crippen molar-refractivity contribution in [2.75, 3.05) is 25.4 Å². The Morgan fingerprint density at radius 2 is 1.66 bits per heavy atom. The van der Waals surface area contributed by atoms with Gasteiger partial charge in [-0.05, 0) is 56.5 Å². The van der Waals surface area contributed by atoms with E-state index in [1.165, 1.54) is 36.6 Å². The maximum absolute atomic E-state index is 12.4. The van der Waals surface area contributed by atoms with Gasteiger partial charge in [0.15, 0.2) is 11.0 Å². The normalized spacial score (nSPS) is 14.4. The Morgan fingerprint density at radius 1 is 0.938 bits per heavy atom. The van der Waals surface area contributed by atoms with Crippen molar-refractivity contribution in [2.24, 2.45) is 0 Å². The molecule has 6 nitrogen and oxygen atoms in total. The number of benzene rings is 2. The highest BCUT2D eigenvalue weighted by Crippen LogP contribution is 2.23. The molecule has 1 amide bonds. The molecule has 0 atom stereocenters. The van der Waals surface area contributed by atoms with E-state index in [0.29, 0.717) is 12.3 Å². The number of nitrogens with one attached hydrogen (secondary N) is 1. The molecule has 1 fully saturated rings. The summed E-state index contributed by atoms with van der Waals surface area (Å²) in [7, 11) is 0. The Kier molecular flexibility index (Phi) is 8.34. The molecular formula is C25H31N5OS. The van der Waals surface area contributed by atoms with Crippen LogP contribution < -0.4 is 5.32 Å². The van der Waals surface area contributed by atoms with Gasteiger partial charge in [-0.15, -0.1) is 10.2 Å². The van der Waals surface area contributed by atoms with E-state index in [2.05, 4.69) is 49.2 Å². The monoisotopic (exact) mass is 449 g/mol. The van der Waals surface area contributed by atoms with Crippen LogP contribution in [0.2, 0.25) is 0 Å². The highest BCUT2D eigenvalue weighted by molar-refractivity contribution is 7.99. The molecular weight excluding hydrogens is 418 g/mol. The van der Waals surface area contributed by atoms with Crippen molar-refractivity contribution in [1.29, 1.82) is 0 Å². The number of carbonyl (C=O) groups is 1. The molecule has 3 aromatic rings. The first-order chi connectivity index (χ1) is 15.8. The molecule has 0 bridgehead atoms. The highest BCUT2D eigenvalue weighted by Gasteiger charge is 2.19. The van der Waals surface area contributed by atoms with Crippen molar-refractivity contribution in [3.05, 3.63) is 72.1 Å². The summed E-state index contributed by atoms with van der Waals surface area (Å²) in [6.45, 7) is 3.68. The molecule has 0 saturated carbocycles. The minimum Gasteiger partial charge on any atom is -0.355 e. The zero-order chi connectivity index (χ0) is 22.0. The number of aromatic nitrogens is 3. The molecule has 0 radical (unpaired) electrons. The lowest BCUT2D eigenvalue weighted by Crippen LogP contribution is -2.30. The van der Waals surface area contributed by atoms with E-state index >= 15 is 0 Å². The van der Waals surface area contributed by atoms with Crippen molar-refractivity contribution < 1.29 is 4.79 Å². The fourth-order valence-electron chi connectivity index (χ4n) is 4.00. The van der Waals surface area contributed by atoms with Gasteiger partial charge in [0.25, 0.3) is 0 Å². The summed E-state index contributed by atoms with van der Waals surface area (Å²) >= 11 is 1.45. The first-order valence-electron chi connectivity index (χ1n) is 11.4. The quantitative estimate of drug-likeness (QED) is 0.373. The smallest absolute Gasteiger partial charge is 0.230 e. The summed E-state index contributed by atoms with van der Waals surface area (Å²) in [6.07, 6.45) is 5.69. The lowest BCUT2D eigenvalue weighted by molar-refractivity contribution is -0.118. The molecule has 1 aliphatic rings. The second-order valence-electron chi connectivity index (χ2n) is 8.13. The molecule has 32 heavy (non-hydrogen) atoms. The van der Waals surface area contributed by atoms with Crippen molar-refractivity contribution in [2.45, 2.75) is 43.8 Å². The summed E-state index contributed by atoms with van der Waals surface area (Å²) in [5.74, 6) is 1.30. The molecule has 168 valence electrons. The van der Waals surface area contributed by atoms with E-state index in [0.717, 1.165) is 49.1 Å². The standard InChI is InChI=1S/C25H31N5OS/c31-24(26-16-10-13-21-11-4-1-5-12-21)20-32-25-28-27-23(19-29-17-8-3-9-18-29)30(25)22-14-6-2-7-15-22/h1-2,4-7,11-12,14-15H,3,8-10,13,16-20H2,(H,26,31). The molecule has 1 N–H and O–H groups in total. The van der Waals surface area contributed by atoms with E-state index in [4.69, 9.17) is 0 Å². The van der Waals surface area contributed by atoms with Crippen molar-refractivity contribution in [3.8, 4) is 5.69 Å². The number of likely N-dealkylation sites (tertiary alicyclic amines) is 1. The summed E-state index contributed by atoms with van der Waals surface area (Å²) < 4.78 is 2.10. The Morgan fingerprint density at radius 3 is 2.41 bits per heavy atom. The number of hydrogen-bond donors (Lipinski definition) is 1. The number of piperidine rings is 1. The van der Waals surface area contributed by atoms with Gasteiger partial charge in [0.2, 0.25) is 5.91 Å². The van der Waals surface area contributed by atoms with Gasteiger partial charge < -0.3 is 5.32 Å². The topological polar surface area (TPSA) is 63.1 Å². The number of nitrogens with zero attached hydrogens (tertiary/aromatic N) is 4. The van der Waals surface area contributed by atoms with Gasteiger partial charge in [0.1, 0.15) is 0 Å². The van der Waals surface area contributed by atoms with Crippen LogP contribution in [0.1, 0.15) is 37.1 Å². The molecule has 0 unspecified atom stereocenters. The Bertz CT molecular complexity index is 971. The van der Waals surface area contributed by atoms with Gasteiger partial charge in [0.05, 0.1) is 12.3 Å².